The molecular weight excluding hydrogens is 255 g/mol. The van der Waals surface area contributed by atoms with Gasteiger partial charge in [0, 0.05) is 15.6 Å². The summed E-state index contributed by atoms with van der Waals surface area (Å²) < 4.78 is 0. The minimum atomic E-state index is -2.71. The molecule has 0 atom stereocenters. The summed E-state index contributed by atoms with van der Waals surface area (Å²) in [6.07, 6.45) is 0. The Morgan fingerprint density at radius 2 is 1.50 bits per heavy atom. The Balaban J connectivity index is 3.56. The van der Waals surface area contributed by atoms with Crippen molar-refractivity contribution in [3.63, 3.8) is 0 Å². The van der Waals surface area contributed by atoms with Crippen molar-refractivity contribution in [1.82, 2.24) is 0 Å². The van der Waals surface area contributed by atoms with Gasteiger partial charge >= 0.3 is 0 Å². The van der Waals surface area contributed by atoms with Crippen LogP contribution in [0.15, 0.2) is 18.2 Å². The Morgan fingerprint density at radius 3 is 1.81 bits per heavy atom. The number of hydrogen-bond donors (Lipinski definition) is 3. The van der Waals surface area contributed by atoms with Gasteiger partial charge in [-0.3, -0.25) is 9.59 Å². The van der Waals surface area contributed by atoms with Crippen molar-refractivity contribution in [3.05, 3.63) is 33.8 Å². The fourth-order valence-electron chi connectivity index (χ4n) is 1.21. The molecule has 0 spiro atoms. The molecule has 1 rings (SSSR count). The number of halogens is 2. The second kappa shape index (κ2) is 4.29. The molecule has 0 aliphatic carbocycles. The Labute approximate surface area is 101 Å². The van der Waals surface area contributed by atoms with Crippen molar-refractivity contribution in [2.24, 2.45) is 11.5 Å². The zero-order valence-electron chi connectivity index (χ0n) is 7.91. The number of aliphatic hydroxyl groups is 1. The predicted molar refractivity (Wildman–Crippen MR) is 58.7 cm³/mol. The Kier molecular flexibility index (Phi) is 3.42. The van der Waals surface area contributed by atoms with Crippen LogP contribution in [0, 0.1) is 0 Å². The SMILES string of the molecule is NC(=O)C(O)(C(N)=O)c1c(Cl)cccc1Cl. The predicted octanol–water partition coefficient (Wildman–Crippen LogP) is 0.152. The second-order valence-corrected chi connectivity index (χ2v) is 3.85. The maximum Gasteiger partial charge on any atom is 0.264 e. The van der Waals surface area contributed by atoms with Crippen molar-refractivity contribution in [1.29, 1.82) is 0 Å². The van der Waals surface area contributed by atoms with E-state index in [-0.39, 0.29) is 15.6 Å². The van der Waals surface area contributed by atoms with Crippen molar-refractivity contribution >= 4 is 35.0 Å². The summed E-state index contributed by atoms with van der Waals surface area (Å²) in [7, 11) is 0. The molecule has 0 bridgehead atoms. The third-order valence-corrected chi connectivity index (χ3v) is 2.67. The normalized spacial score (nSPS) is 11.2. The van der Waals surface area contributed by atoms with Gasteiger partial charge in [0.15, 0.2) is 0 Å². The smallest absolute Gasteiger partial charge is 0.264 e. The third kappa shape index (κ3) is 1.84. The third-order valence-electron chi connectivity index (χ3n) is 2.04. The van der Waals surface area contributed by atoms with Gasteiger partial charge in [-0.25, -0.2) is 0 Å². The van der Waals surface area contributed by atoms with Crippen LogP contribution < -0.4 is 11.5 Å². The number of benzene rings is 1. The summed E-state index contributed by atoms with van der Waals surface area (Å²) in [5.41, 5.74) is 6.85. The lowest BCUT2D eigenvalue weighted by Crippen LogP contribution is -2.51. The fraction of sp³-hybridized carbons (Fsp3) is 0.111. The molecule has 16 heavy (non-hydrogen) atoms. The van der Waals surface area contributed by atoms with E-state index < -0.39 is 17.4 Å². The molecule has 0 radical (unpaired) electrons. The lowest BCUT2D eigenvalue weighted by Gasteiger charge is -2.23. The monoisotopic (exact) mass is 262 g/mol. The molecule has 2 amide bonds. The van der Waals surface area contributed by atoms with Gasteiger partial charge in [-0.05, 0) is 12.1 Å². The van der Waals surface area contributed by atoms with Crippen LogP contribution >= 0.6 is 23.2 Å². The largest absolute Gasteiger partial charge is 0.368 e. The minimum Gasteiger partial charge on any atom is -0.368 e. The zero-order valence-corrected chi connectivity index (χ0v) is 9.42. The molecule has 0 aliphatic rings. The minimum absolute atomic E-state index is 0.0763. The van der Waals surface area contributed by atoms with E-state index >= 15 is 0 Å². The molecule has 5 N–H and O–H groups in total. The first-order valence-corrected chi connectivity index (χ1v) is 4.84. The summed E-state index contributed by atoms with van der Waals surface area (Å²) in [4.78, 5) is 22.2. The van der Waals surface area contributed by atoms with Crippen LogP contribution in [0.1, 0.15) is 5.56 Å². The van der Waals surface area contributed by atoms with Crippen LogP contribution in [-0.2, 0) is 15.2 Å². The molecule has 0 aromatic heterocycles. The van der Waals surface area contributed by atoms with Gasteiger partial charge in [-0.1, -0.05) is 29.3 Å². The average Bonchev–Trinajstić information content (AvgIpc) is 2.16. The fourth-order valence-corrected chi connectivity index (χ4v) is 1.88. The molecule has 0 aliphatic heterocycles. The van der Waals surface area contributed by atoms with E-state index in [2.05, 4.69) is 0 Å². The van der Waals surface area contributed by atoms with Crippen molar-refractivity contribution < 1.29 is 14.7 Å². The zero-order chi connectivity index (χ0) is 12.5. The van der Waals surface area contributed by atoms with Crippen LogP contribution in [0.2, 0.25) is 10.0 Å². The quantitative estimate of drug-likeness (QED) is 0.675. The van der Waals surface area contributed by atoms with Gasteiger partial charge in [0.1, 0.15) is 0 Å². The number of carbonyl (C=O) groups excluding carboxylic acids is 2. The van der Waals surface area contributed by atoms with Gasteiger partial charge in [0.05, 0.1) is 0 Å². The highest BCUT2D eigenvalue weighted by molar-refractivity contribution is 6.37. The maximum atomic E-state index is 11.1. The van der Waals surface area contributed by atoms with Crippen LogP contribution in [0.3, 0.4) is 0 Å². The van der Waals surface area contributed by atoms with Crippen LogP contribution in [-0.4, -0.2) is 16.9 Å². The molecule has 1 aromatic carbocycles. The van der Waals surface area contributed by atoms with Gasteiger partial charge in [0.2, 0.25) is 5.60 Å². The molecule has 0 unspecified atom stereocenters. The number of amides is 2. The molecule has 5 nitrogen and oxygen atoms in total. The highest BCUT2D eigenvalue weighted by Gasteiger charge is 2.45. The second-order valence-electron chi connectivity index (χ2n) is 3.04. The lowest BCUT2D eigenvalue weighted by atomic mass is 9.92. The van der Waals surface area contributed by atoms with Crippen LogP contribution in [0.25, 0.3) is 0 Å². The van der Waals surface area contributed by atoms with E-state index in [4.69, 9.17) is 34.7 Å². The number of carbonyl (C=O) groups is 2. The Hall–Kier alpha value is -1.30. The average molecular weight is 263 g/mol. The highest BCUT2D eigenvalue weighted by Crippen LogP contribution is 2.34. The van der Waals surface area contributed by atoms with Crippen molar-refractivity contribution in [3.8, 4) is 0 Å². The topological polar surface area (TPSA) is 106 Å². The molecule has 1 aromatic rings. The number of rotatable bonds is 3. The van der Waals surface area contributed by atoms with Gasteiger partial charge in [0.25, 0.3) is 11.8 Å². The summed E-state index contributed by atoms with van der Waals surface area (Å²) in [6, 6.07) is 4.18. The van der Waals surface area contributed by atoms with Crippen LogP contribution in [0.4, 0.5) is 0 Å². The van der Waals surface area contributed by atoms with Gasteiger partial charge < -0.3 is 16.6 Å². The first-order chi connectivity index (χ1) is 7.31. The number of hydrogen-bond acceptors (Lipinski definition) is 3. The van der Waals surface area contributed by atoms with Gasteiger partial charge in [-0.2, -0.15) is 0 Å². The first kappa shape index (κ1) is 12.8. The molecule has 0 heterocycles. The molecule has 0 saturated heterocycles. The van der Waals surface area contributed by atoms with E-state index in [1.165, 1.54) is 18.2 Å². The number of primary amides is 2. The highest BCUT2D eigenvalue weighted by atomic mass is 35.5. The summed E-state index contributed by atoms with van der Waals surface area (Å²) in [5, 5.41) is 9.73. The van der Waals surface area contributed by atoms with E-state index in [1.54, 1.807) is 0 Å². The number of nitrogens with two attached hydrogens (primary N) is 2. The first-order valence-electron chi connectivity index (χ1n) is 4.08. The molecule has 7 heteroatoms. The van der Waals surface area contributed by atoms with Crippen molar-refractivity contribution in [2.75, 3.05) is 0 Å². The lowest BCUT2D eigenvalue weighted by molar-refractivity contribution is -0.150. The molecule has 0 fully saturated rings. The van der Waals surface area contributed by atoms with Gasteiger partial charge in [-0.15, -0.1) is 0 Å². The standard InChI is InChI=1S/C9H8Cl2N2O3/c10-4-2-1-3-5(11)6(4)9(16,7(12)14)8(13)15/h1-3,16H,(H2,12,14)(H2,13,15). The summed E-state index contributed by atoms with van der Waals surface area (Å²) >= 11 is 11.5. The Bertz CT molecular complexity index is 428. The molecule has 0 saturated carbocycles. The summed E-state index contributed by atoms with van der Waals surface area (Å²) in [6.45, 7) is 0. The molecular formula is C9H8Cl2N2O3. The van der Waals surface area contributed by atoms with Crippen molar-refractivity contribution in [2.45, 2.75) is 5.60 Å². The Morgan fingerprint density at radius 1 is 1.12 bits per heavy atom. The maximum absolute atomic E-state index is 11.1. The van der Waals surface area contributed by atoms with E-state index in [0.29, 0.717) is 0 Å². The van der Waals surface area contributed by atoms with E-state index in [1.807, 2.05) is 0 Å². The molecule has 86 valence electrons. The summed E-state index contributed by atoms with van der Waals surface area (Å²) in [5.74, 6) is -2.68. The van der Waals surface area contributed by atoms with Crippen LogP contribution in [0.5, 0.6) is 0 Å². The van der Waals surface area contributed by atoms with E-state index in [9.17, 15) is 14.7 Å². The van der Waals surface area contributed by atoms with E-state index in [0.717, 1.165) is 0 Å².